The minimum absolute atomic E-state index is 0.0975. The summed E-state index contributed by atoms with van der Waals surface area (Å²) in [7, 11) is 0. The van der Waals surface area contributed by atoms with Crippen LogP contribution in [-0.4, -0.2) is 57.5 Å². The maximum atomic E-state index is 14.1. The highest BCUT2D eigenvalue weighted by atomic mass is 16.2. The fraction of sp³-hybridized carbons (Fsp3) is 0.387. The SMILES string of the molecule is Cc1cc(N2CCC3(CC2)Cc2cn(nn2)CCCNC(=O)[C@H](Cc2ccccc2)NC3=O)nc2ccccc12. The van der Waals surface area contributed by atoms with E-state index in [0.717, 1.165) is 34.4 Å². The monoisotopic (exact) mass is 537 g/mol. The fourth-order valence-corrected chi connectivity index (χ4v) is 5.96. The van der Waals surface area contributed by atoms with Crippen molar-refractivity contribution in [1.29, 1.82) is 0 Å². The van der Waals surface area contributed by atoms with Gasteiger partial charge < -0.3 is 15.5 Å². The van der Waals surface area contributed by atoms with Crippen LogP contribution in [-0.2, 0) is 29.0 Å². The molecule has 1 saturated heterocycles. The van der Waals surface area contributed by atoms with E-state index in [1.165, 1.54) is 5.56 Å². The Morgan fingerprint density at radius 3 is 2.60 bits per heavy atom. The minimum atomic E-state index is -0.702. The van der Waals surface area contributed by atoms with Gasteiger partial charge in [0.2, 0.25) is 11.8 Å². The Bertz CT molecular complexity index is 1510. The molecule has 2 aliphatic heterocycles. The van der Waals surface area contributed by atoms with E-state index in [4.69, 9.17) is 4.98 Å². The molecule has 6 rings (SSSR count). The number of para-hydroxylation sites is 1. The number of carbonyl (C=O) groups excluding carboxylic acids is 2. The second-order valence-electron chi connectivity index (χ2n) is 11.1. The molecule has 4 aromatic rings. The number of carbonyl (C=O) groups is 2. The van der Waals surface area contributed by atoms with Crippen LogP contribution in [0.4, 0.5) is 5.82 Å². The molecule has 1 atom stereocenters. The van der Waals surface area contributed by atoms with E-state index in [2.05, 4.69) is 44.9 Å². The molecule has 2 aliphatic rings. The third kappa shape index (κ3) is 5.41. The largest absolute Gasteiger partial charge is 0.357 e. The van der Waals surface area contributed by atoms with Crippen molar-refractivity contribution in [1.82, 2.24) is 30.6 Å². The zero-order valence-electron chi connectivity index (χ0n) is 22.8. The molecule has 9 nitrogen and oxygen atoms in total. The van der Waals surface area contributed by atoms with E-state index < -0.39 is 11.5 Å². The van der Waals surface area contributed by atoms with Gasteiger partial charge in [0.25, 0.3) is 0 Å². The van der Waals surface area contributed by atoms with Crippen LogP contribution in [0.5, 0.6) is 0 Å². The summed E-state index contributed by atoms with van der Waals surface area (Å²) in [4.78, 5) is 34.6. The molecule has 1 spiro atoms. The van der Waals surface area contributed by atoms with Crippen molar-refractivity contribution in [2.75, 3.05) is 24.5 Å². The Hall–Kier alpha value is -4.27. The molecule has 2 amide bonds. The molecule has 0 aliphatic carbocycles. The van der Waals surface area contributed by atoms with Crippen LogP contribution in [0, 0.1) is 12.3 Å². The van der Waals surface area contributed by atoms with Crippen molar-refractivity contribution in [2.24, 2.45) is 5.41 Å². The molecule has 1 fully saturated rings. The van der Waals surface area contributed by atoms with E-state index in [1.807, 2.05) is 59.4 Å². The first-order valence-electron chi connectivity index (χ1n) is 14.1. The van der Waals surface area contributed by atoms with Crippen molar-refractivity contribution in [3.63, 3.8) is 0 Å². The smallest absolute Gasteiger partial charge is 0.242 e. The lowest BCUT2D eigenvalue weighted by molar-refractivity contribution is -0.136. The lowest BCUT2D eigenvalue weighted by Crippen LogP contribution is -2.56. The van der Waals surface area contributed by atoms with E-state index in [-0.39, 0.29) is 11.8 Å². The van der Waals surface area contributed by atoms with E-state index in [0.29, 0.717) is 51.9 Å². The molecule has 206 valence electrons. The van der Waals surface area contributed by atoms with Gasteiger partial charge in [-0.15, -0.1) is 5.10 Å². The van der Waals surface area contributed by atoms with Crippen molar-refractivity contribution in [3.8, 4) is 0 Å². The summed E-state index contributed by atoms with van der Waals surface area (Å²) in [6, 6.07) is 19.5. The normalized spacial score (nSPS) is 19.8. The predicted molar refractivity (Wildman–Crippen MR) is 154 cm³/mol. The van der Waals surface area contributed by atoms with E-state index >= 15 is 0 Å². The van der Waals surface area contributed by atoms with Gasteiger partial charge in [-0.2, -0.15) is 0 Å². The summed E-state index contributed by atoms with van der Waals surface area (Å²) in [5.74, 6) is 0.682. The average molecular weight is 538 g/mol. The number of aromatic nitrogens is 4. The zero-order valence-corrected chi connectivity index (χ0v) is 22.8. The number of amides is 2. The average Bonchev–Trinajstić information content (AvgIpc) is 3.42. The molecule has 40 heavy (non-hydrogen) atoms. The number of hydrogen-bond acceptors (Lipinski definition) is 6. The predicted octanol–water partition coefficient (Wildman–Crippen LogP) is 3.21. The Morgan fingerprint density at radius 1 is 1.00 bits per heavy atom. The number of piperidine rings is 1. The van der Waals surface area contributed by atoms with E-state index in [1.54, 1.807) is 0 Å². The first-order valence-corrected chi connectivity index (χ1v) is 14.1. The number of rotatable bonds is 3. The molecule has 2 N–H and O–H groups in total. The highest BCUT2D eigenvalue weighted by Crippen LogP contribution is 2.37. The molecule has 4 heterocycles. The highest BCUT2D eigenvalue weighted by Gasteiger charge is 2.44. The van der Waals surface area contributed by atoms with Gasteiger partial charge in [-0.25, -0.2) is 4.98 Å². The van der Waals surface area contributed by atoms with Crippen LogP contribution < -0.4 is 15.5 Å². The lowest BCUT2D eigenvalue weighted by Gasteiger charge is -2.41. The molecule has 0 radical (unpaired) electrons. The molecule has 2 bridgehead atoms. The quantitative estimate of drug-likeness (QED) is 0.416. The van der Waals surface area contributed by atoms with Crippen molar-refractivity contribution in [3.05, 3.63) is 83.7 Å². The first kappa shape index (κ1) is 26.0. The van der Waals surface area contributed by atoms with Gasteiger partial charge in [0.05, 0.1) is 16.6 Å². The molecular formula is C31H35N7O2. The topological polar surface area (TPSA) is 105 Å². The fourth-order valence-electron chi connectivity index (χ4n) is 5.96. The number of benzene rings is 2. The summed E-state index contributed by atoms with van der Waals surface area (Å²) >= 11 is 0. The summed E-state index contributed by atoms with van der Waals surface area (Å²) in [6.07, 6.45) is 4.85. The molecule has 2 aromatic carbocycles. The maximum absolute atomic E-state index is 14.1. The van der Waals surface area contributed by atoms with Crippen LogP contribution in [0.25, 0.3) is 10.9 Å². The Labute approximate surface area is 234 Å². The highest BCUT2D eigenvalue weighted by molar-refractivity contribution is 5.91. The maximum Gasteiger partial charge on any atom is 0.242 e. The van der Waals surface area contributed by atoms with Crippen LogP contribution >= 0.6 is 0 Å². The third-order valence-electron chi connectivity index (χ3n) is 8.31. The van der Waals surface area contributed by atoms with Crippen molar-refractivity contribution in [2.45, 2.75) is 51.6 Å². The van der Waals surface area contributed by atoms with Crippen LogP contribution in [0.2, 0.25) is 0 Å². The zero-order chi connectivity index (χ0) is 27.5. The van der Waals surface area contributed by atoms with Gasteiger partial charge in [0.1, 0.15) is 11.9 Å². The second kappa shape index (κ2) is 11.1. The number of nitrogens with one attached hydrogen (secondary N) is 2. The van der Waals surface area contributed by atoms with Gasteiger partial charge >= 0.3 is 0 Å². The number of nitrogens with zero attached hydrogens (tertiary/aromatic N) is 5. The number of aryl methyl sites for hydroxylation is 2. The van der Waals surface area contributed by atoms with Crippen LogP contribution in [0.1, 0.15) is 36.1 Å². The van der Waals surface area contributed by atoms with Gasteiger partial charge in [-0.05, 0) is 49.4 Å². The van der Waals surface area contributed by atoms with Crippen molar-refractivity contribution < 1.29 is 9.59 Å². The van der Waals surface area contributed by atoms with Gasteiger partial charge in [-0.1, -0.05) is 53.7 Å². The summed E-state index contributed by atoms with van der Waals surface area (Å²) in [6.45, 7) is 4.64. The summed E-state index contributed by atoms with van der Waals surface area (Å²) in [5, 5.41) is 16.0. The Morgan fingerprint density at radius 2 is 1.77 bits per heavy atom. The first-order chi connectivity index (χ1) is 19.5. The standard InChI is InChI=1S/C31H35N7O2/c1-22-18-28(33-26-11-6-5-10-25(22)26)37-16-12-31(13-17-37)20-24-21-38(36-35-24)15-7-14-32-29(39)27(34-30(31)40)19-23-8-3-2-4-9-23/h2-6,8-11,18,21,27H,7,12-17,19-20H2,1H3,(H,32,39)(H,34,40)/t27-/m0/s1. The van der Waals surface area contributed by atoms with Crippen LogP contribution in [0.15, 0.2) is 66.9 Å². The third-order valence-corrected chi connectivity index (χ3v) is 8.31. The molecule has 0 unspecified atom stereocenters. The molecule has 0 saturated carbocycles. The second-order valence-corrected chi connectivity index (χ2v) is 11.1. The Balaban J connectivity index is 1.28. The van der Waals surface area contributed by atoms with Gasteiger partial charge in [0, 0.05) is 50.6 Å². The van der Waals surface area contributed by atoms with Gasteiger partial charge in [-0.3, -0.25) is 14.3 Å². The molecule has 2 aromatic heterocycles. The van der Waals surface area contributed by atoms with E-state index in [9.17, 15) is 9.59 Å². The van der Waals surface area contributed by atoms with Crippen LogP contribution in [0.3, 0.4) is 0 Å². The number of fused-ring (bicyclic) bond motifs is 3. The molecular weight excluding hydrogens is 502 g/mol. The van der Waals surface area contributed by atoms with Gasteiger partial charge in [0.15, 0.2) is 0 Å². The number of anilines is 1. The Kier molecular flexibility index (Phi) is 7.19. The van der Waals surface area contributed by atoms with Crippen molar-refractivity contribution >= 4 is 28.5 Å². The summed E-state index contributed by atoms with van der Waals surface area (Å²) < 4.78 is 1.81. The number of hydrogen-bond donors (Lipinski definition) is 2. The minimum Gasteiger partial charge on any atom is -0.357 e. The summed E-state index contributed by atoms with van der Waals surface area (Å²) in [5.41, 5.74) is 3.28. The molecule has 9 heteroatoms. The number of pyridine rings is 1. The lowest BCUT2D eigenvalue weighted by atomic mass is 9.73.